The second-order valence-corrected chi connectivity index (χ2v) is 4.73. The van der Waals surface area contributed by atoms with E-state index in [1.54, 1.807) is 0 Å². The molecule has 110 valence electrons. The van der Waals surface area contributed by atoms with Gasteiger partial charge in [0.2, 0.25) is 0 Å². The lowest BCUT2D eigenvalue weighted by Crippen LogP contribution is -2.34. The van der Waals surface area contributed by atoms with Crippen molar-refractivity contribution in [1.82, 2.24) is 9.55 Å². The van der Waals surface area contributed by atoms with E-state index in [1.165, 1.54) is 6.20 Å². The smallest absolute Gasteiger partial charge is 0.396 e. The number of nitrogens with one attached hydrogen (secondary N) is 1. The minimum absolute atomic E-state index is 0.0135. The van der Waals surface area contributed by atoms with Gasteiger partial charge >= 0.3 is 12.1 Å². The van der Waals surface area contributed by atoms with Gasteiger partial charge in [-0.15, -0.1) is 0 Å². The number of aromatic nitrogens is 2. The number of hydrogen-bond donors (Lipinski definition) is 2. The van der Waals surface area contributed by atoms with Crippen molar-refractivity contribution in [2.45, 2.75) is 25.6 Å². The Labute approximate surface area is 111 Å². The van der Waals surface area contributed by atoms with Gasteiger partial charge in [-0.25, -0.2) is 4.98 Å². The molecule has 1 aromatic heterocycles. The number of carboxylic acid groups (broad SMARTS) is 1. The summed E-state index contributed by atoms with van der Waals surface area (Å²) in [5.41, 5.74) is -2.55. The molecule has 1 saturated carbocycles. The molecular formula is C11H12F3N3O3. The van der Waals surface area contributed by atoms with Gasteiger partial charge in [-0.3, -0.25) is 14.2 Å². The van der Waals surface area contributed by atoms with Crippen LogP contribution < -0.4 is 10.9 Å². The van der Waals surface area contributed by atoms with E-state index in [4.69, 9.17) is 5.11 Å². The third kappa shape index (κ3) is 2.75. The van der Waals surface area contributed by atoms with Gasteiger partial charge in [0.05, 0.1) is 5.41 Å². The Morgan fingerprint density at radius 1 is 1.50 bits per heavy atom. The van der Waals surface area contributed by atoms with Crippen molar-refractivity contribution in [3.8, 4) is 0 Å². The molecule has 0 bridgehead atoms. The summed E-state index contributed by atoms with van der Waals surface area (Å²) in [6.07, 6.45) is -1.97. The zero-order valence-corrected chi connectivity index (χ0v) is 10.3. The van der Waals surface area contributed by atoms with Gasteiger partial charge in [0.25, 0.3) is 5.56 Å². The molecular weight excluding hydrogens is 279 g/mol. The van der Waals surface area contributed by atoms with Gasteiger partial charge in [-0.1, -0.05) is 0 Å². The molecule has 0 aliphatic heterocycles. The third-order valence-corrected chi connectivity index (χ3v) is 3.27. The predicted molar refractivity (Wildman–Crippen MR) is 62.3 cm³/mol. The summed E-state index contributed by atoms with van der Waals surface area (Å²) in [4.78, 5) is 26.0. The maximum Gasteiger partial charge on any atom is 0.396 e. The van der Waals surface area contributed by atoms with Crippen LogP contribution in [0.4, 0.5) is 19.0 Å². The van der Waals surface area contributed by atoms with Gasteiger partial charge in [-0.2, -0.15) is 13.2 Å². The van der Waals surface area contributed by atoms with Crippen molar-refractivity contribution >= 4 is 11.8 Å². The van der Waals surface area contributed by atoms with E-state index < -0.39 is 36.2 Å². The van der Waals surface area contributed by atoms with Crippen LogP contribution in [-0.2, 0) is 11.3 Å². The summed E-state index contributed by atoms with van der Waals surface area (Å²) >= 11 is 0. The number of anilines is 1. The minimum Gasteiger partial charge on any atom is -0.480 e. The summed E-state index contributed by atoms with van der Waals surface area (Å²) in [6.45, 7) is -1.00. The summed E-state index contributed by atoms with van der Waals surface area (Å²) in [5, 5.41) is 11.0. The normalized spacial score (nSPS) is 16.8. The Bertz CT molecular complexity index is 578. The molecule has 0 radical (unpaired) electrons. The number of hydrogen-bond acceptors (Lipinski definition) is 4. The van der Waals surface area contributed by atoms with Crippen molar-refractivity contribution in [2.24, 2.45) is 5.41 Å². The SMILES string of the molecule is O=C(O)Cn1ccnc(NCC2(C(F)(F)F)CC2)c1=O. The molecule has 0 spiro atoms. The first-order valence-electron chi connectivity index (χ1n) is 5.83. The fourth-order valence-corrected chi connectivity index (χ4v) is 1.80. The Balaban J connectivity index is 2.11. The van der Waals surface area contributed by atoms with Gasteiger partial charge in [0, 0.05) is 18.9 Å². The largest absolute Gasteiger partial charge is 0.480 e. The number of alkyl halides is 3. The number of halogens is 3. The fraction of sp³-hybridized carbons (Fsp3) is 0.545. The molecule has 0 atom stereocenters. The molecule has 2 rings (SSSR count). The zero-order valence-electron chi connectivity index (χ0n) is 10.3. The van der Waals surface area contributed by atoms with Gasteiger partial charge < -0.3 is 10.4 Å². The predicted octanol–water partition coefficient (Wildman–Crippen LogP) is 1.08. The van der Waals surface area contributed by atoms with Crippen LogP contribution in [0.5, 0.6) is 0 Å². The Morgan fingerprint density at radius 2 is 2.15 bits per heavy atom. The molecule has 1 aromatic rings. The topological polar surface area (TPSA) is 84.2 Å². The zero-order chi connectivity index (χ0) is 15.0. The first-order valence-corrected chi connectivity index (χ1v) is 5.83. The second kappa shape index (κ2) is 4.80. The summed E-state index contributed by atoms with van der Waals surface area (Å²) in [7, 11) is 0. The Hall–Kier alpha value is -2.06. The van der Waals surface area contributed by atoms with Crippen LogP contribution in [0.15, 0.2) is 17.2 Å². The minimum atomic E-state index is -4.32. The highest BCUT2D eigenvalue weighted by molar-refractivity contribution is 5.66. The lowest BCUT2D eigenvalue weighted by molar-refractivity contribution is -0.182. The Kier molecular flexibility index (Phi) is 3.45. The van der Waals surface area contributed by atoms with Crippen LogP contribution in [-0.4, -0.2) is 33.3 Å². The molecule has 0 unspecified atom stereocenters. The third-order valence-electron chi connectivity index (χ3n) is 3.27. The molecule has 20 heavy (non-hydrogen) atoms. The molecule has 1 heterocycles. The van der Waals surface area contributed by atoms with Crippen molar-refractivity contribution in [3.05, 3.63) is 22.7 Å². The molecule has 1 aliphatic rings. The van der Waals surface area contributed by atoms with Crippen LogP contribution in [0.3, 0.4) is 0 Å². The van der Waals surface area contributed by atoms with E-state index in [9.17, 15) is 22.8 Å². The summed E-state index contributed by atoms with van der Waals surface area (Å²) in [6, 6.07) is 0. The van der Waals surface area contributed by atoms with Crippen molar-refractivity contribution in [2.75, 3.05) is 11.9 Å². The second-order valence-electron chi connectivity index (χ2n) is 4.73. The van der Waals surface area contributed by atoms with E-state index in [0.717, 1.165) is 10.8 Å². The highest BCUT2D eigenvalue weighted by Gasteiger charge is 2.62. The summed E-state index contributed by atoms with van der Waals surface area (Å²) in [5.74, 6) is -1.50. The number of rotatable bonds is 5. The molecule has 2 N–H and O–H groups in total. The van der Waals surface area contributed by atoms with Crippen LogP contribution in [0.25, 0.3) is 0 Å². The van der Waals surface area contributed by atoms with Gasteiger partial charge in [-0.05, 0) is 12.8 Å². The van der Waals surface area contributed by atoms with E-state index in [2.05, 4.69) is 10.3 Å². The first-order chi connectivity index (χ1) is 9.25. The molecule has 6 nitrogen and oxygen atoms in total. The molecule has 0 saturated heterocycles. The first kappa shape index (κ1) is 14.4. The monoisotopic (exact) mass is 291 g/mol. The van der Waals surface area contributed by atoms with Crippen LogP contribution >= 0.6 is 0 Å². The van der Waals surface area contributed by atoms with Crippen LogP contribution in [0.2, 0.25) is 0 Å². The molecule has 9 heteroatoms. The lowest BCUT2D eigenvalue weighted by atomic mass is 10.1. The number of carboxylic acids is 1. The highest BCUT2D eigenvalue weighted by atomic mass is 19.4. The Morgan fingerprint density at radius 3 is 2.65 bits per heavy atom. The van der Waals surface area contributed by atoms with Crippen molar-refractivity contribution in [3.63, 3.8) is 0 Å². The molecule has 0 amide bonds. The van der Waals surface area contributed by atoms with Gasteiger partial charge in [0.15, 0.2) is 5.82 Å². The van der Waals surface area contributed by atoms with Crippen LogP contribution in [0, 0.1) is 5.41 Å². The number of carbonyl (C=O) groups is 1. The van der Waals surface area contributed by atoms with E-state index >= 15 is 0 Å². The standard InChI is InChI=1S/C11H12F3N3O3/c12-11(13,14)10(1-2-10)6-16-8-9(20)17(4-3-15-8)5-7(18)19/h3-4H,1-2,5-6H2,(H,15,16)(H,18,19). The van der Waals surface area contributed by atoms with Gasteiger partial charge in [0.1, 0.15) is 6.54 Å². The van der Waals surface area contributed by atoms with E-state index in [1.807, 2.05) is 0 Å². The average Bonchev–Trinajstić information content (AvgIpc) is 3.10. The van der Waals surface area contributed by atoms with E-state index in [0.29, 0.717) is 0 Å². The summed E-state index contributed by atoms with van der Waals surface area (Å²) < 4.78 is 39.1. The molecule has 1 aliphatic carbocycles. The average molecular weight is 291 g/mol. The van der Waals surface area contributed by atoms with Crippen molar-refractivity contribution < 1.29 is 23.1 Å². The maximum absolute atomic E-state index is 12.7. The maximum atomic E-state index is 12.7. The number of nitrogens with zero attached hydrogens (tertiary/aromatic N) is 2. The quantitative estimate of drug-likeness (QED) is 0.848. The highest BCUT2D eigenvalue weighted by Crippen LogP contribution is 2.57. The number of aliphatic carboxylic acids is 1. The molecule has 1 fully saturated rings. The van der Waals surface area contributed by atoms with E-state index in [-0.39, 0.29) is 18.7 Å². The molecule has 0 aromatic carbocycles. The fourth-order valence-electron chi connectivity index (χ4n) is 1.80. The van der Waals surface area contributed by atoms with Crippen molar-refractivity contribution in [1.29, 1.82) is 0 Å². The van der Waals surface area contributed by atoms with Crippen LogP contribution in [0.1, 0.15) is 12.8 Å². The lowest BCUT2D eigenvalue weighted by Gasteiger charge is -2.19.